The van der Waals surface area contributed by atoms with E-state index in [-0.39, 0.29) is 11.2 Å². The molecular formula is C15H15N5OS3. The van der Waals surface area contributed by atoms with E-state index in [0.29, 0.717) is 14.6 Å². The van der Waals surface area contributed by atoms with Gasteiger partial charge in [0.05, 0.1) is 10.9 Å². The Morgan fingerprint density at radius 1 is 1.25 bits per heavy atom. The number of carbonyl (C=O) groups excluding carboxylic acids is 1. The molecule has 0 fully saturated rings. The molecule has 0 saturated heterocycles. The molecular weight excluding hydrogens is 362 g/mol. The number of nitrogen functional groups attached to an aromatic ring is 1. The SMILES string of the molecule is Cc1sc(NC(=O)[C@@H](C)Sc2nnc(N)s2)nc1-c1ccccc1. The van der Waals surface area contributed by atoms with Gasteiger partial charge in [-0.15, -0.1) is 21.5 Å². The molecule has 0 spiro atoms. The van der Waals surface area contributed by atoms with Crippen molar-refractivity contribution in [3.63, 3.8) is 0 Å². The predicted octanol–water partition coefficient (Wildman–Crippen LogP) is 3.67. The van der Waals surface area contributed by atoms with E-state index in [9.17, 15) is 4.79 Å². The Balaban J connectivity index is 1.68. The van der Waals surface area contributed by atoms with Crippen molar-refractivity contribution in [2.75, 3.05) is 11.1 Å². The molecule has 0 bridgehead atoms. The number of rotatable bonds is 5. The summed E-state index contributed by atoms with van der Waals surface area (Å²) in [5.74, 6) is -0.123. The van der Waals surface area contributed by atoms with Gasteiger partial charge < -0.3 is 11.1 Å². The van der Waals surface area contributed by atoms with Crippen LogP contribution in [0.5, 0.6) is 0 Å². The highest BCUT2D eigenvalue weighted by Crippen LogP contribution is 2.32. The third-order valence-electron chi connectivity index (χ3n) is 3.14. The molecule has 0 aliphatic heterocycles. The molecule has 1 aromatic carbocycles. The Labute approximate surface area is 151 Å². The zero-order chi connectivity index (χ0) is 17.1. The summed E-state index contributed by atoms with van der Waals surface area (Å²) in [7, 11) is 0. The second kappa shape index (κ2) is 7.29. The van der Waals surface area contributed by atoms with Gasteiger partial charge in [-0.1, -0.05) is 53.4 Å². The zero-order valence-corrected chi connectivity index (χ0v) is 15.5. The topological polar surface area (TPSA) is 93.8 Å². The standard InChI is InChI=1S/C15H15N5OS3/c1-8-11(10-6-4-3-5-7-10)17-14(22-8)18-12(21)9(2)23-15-20-19-13(16)24-15/h3-7,9H,1-2H3,(H2,16,19)(H,17,18,21)/t9-/m1/s1. The molecule has 24 heavy (non-hydrogen) atoms. The Morgan fingerprint density at radius 3 is 2.67 bits per heavy atom. The Hall–Kier alpha value is -1.97. The first-order chi connectivity index (χ1) is 11.5. The van der Waals surface area contributed by atoms with Crippen molar-refractivity contribution in [2.45, 2.75) is 23.4 Å². The van der Waals surface area contributed by atoms with Gasteiger partial charge in [0.1, 0.15) is 0 Å². The number of thioether (sulfide) groups is 1. The van der Waals surface area contributed by atoms with E-state index in [1.54, 1.807) is 0 Å². The van der Waals surface area contributed by atoms with Crippen LogP contribution in [0.4, 0.5) is 10.3 Å². The van der Waals surface area contributed by atoms with Crippen molar-refractivity contribution in [1.82, 2.24) is 15.2 Å². The van der Waals surface area contributed by atoms with Crippen molar-refractivity contribution in [2.24, 2.45) is 0 Å². The van der Waals surface area contributed by atoms with Crippen LogP contribution in [0.2, 0.25) is 0 Å². The van der Waals surface area contributed by atoms with E-state index < -0.39 is 0 Å². The second-order valence-electron chi connectivity index (χ2n) is 4.95. The molecule has 3 aromatic rings. The van der Waals surface area contributed by atoms with Crippen LogP contribution in [0.1, 0.15) is 11.8 Å². The Bertz CT molecular complexity index is 846. The van der Waals surface area contributed by atoms with Crippen LogP contribution in [-0.4, -0.2) is 26.3 Å². The first-order valence-electron chi connectivity index (χ1n) is 7.12. The molecule has 0 aliphatic carbocycles. The normalized spacial score (nSPS) is 12.1. The van der Waals surface area contributed by atoms with Crippen molar-refractivity contribution in [3.05, 3.63) is 35.2 Å². The maximum atomic E-state index is 12.3. The summed E-state index contributed by atoms with van der Waals surface area (Å²) >= 11 is 4.07. The number of aryl methyl sites for hydroxylation is 1. The number of amides is 1. The first kappa shape index (κ1) is 16.9. The molecule has 1 amide bonds. The van der Waals surface area contributed by atoms with Crippen LogP contribution in [0, 0.1) is 6.92 Å². The van der Waals surface area contributed by atoms with Crippen LogP contribution >= 0.6 is 34.4 Å². The number of nitrogens with zero attached hydrogens (tertiary/aromatic N) is 3. The summed E-state index contributed by atoms with van der Waals surface area (Å²) in [4.78, 5) is 17.9. The van der Waals surface area contributed by atoms with Gasteiger partial charge in [-0.05, 0) is 13.8 Å². The average molecular weight is 378 g/mol. The summed E-state index contributed by atoms with van der Waals surface area (Å²) in [6, 6.07) is 9.92. The largest absolute Gasteiger partial charge is 0.374 e. The number of nitrogens with one attached hydrogen (secondary N) is 1. The quantitative estimate of drug-likeness (QED) is 0.659. The molecule has 0 aliphatic rings. The van der Waals surface area contributed by atoms with Crippen LogP contribution < -0.4 is 11.1 Å². The maximum Gasteiger partial charge on any atom is 0.239 e. The van der Waals surface area contributed by atoms with Gasteiger partial charge in [-0.2, -0.15) is 0 Å². The number of benzene rings is 1. The van der Waals surface area contributed by atoms with E-state index in [2.05, 4.69) is 20.5 Å². The number of anilines is 2. The molecule has 124 valence electrons. The minimum Gasteiger partial charge on any atom is -0.374 e. The van der Waals surface area contributed by atoms with E-state index in [4.69, 9.17) is 5.73 Å². The zero-order valence-electron chi connectivity index (χ0n) is 13.0. The third kappa shape index (κ3) is 3.92. The number of carbonyl (C=O) groups is 1. The van der Waals surface area contributed by atoms with Crippen molar-refractivity contribution >= 4 is 50.6 Å². The minimum atomic E-state index is -0.318. The Kier molecular flexibility index (Phi) is 5.12. The first-order valence-corrected chi connectivity index (χ1v) is 9.63. The third-order valence-corrected chi connectivity index (χ3v) is 5.97. The van der Waals surface area contributed by atoms with Crippen LogP contribution in [0.25, 0.3) is 11.3 Å². The maximum absolute atomic E-state index is 12.3. The van der Waals surface area contributed by atoms with Crippen LogP contribution in [0.15, 0.2) is 34.7 Å². The summed E-state index contributed by atoms with van der Waals surface area (Å²) in [6.07, 6.45) is 0. The van der Waals surface area contributed by atoms with Crippen LogP contribution in [-0.2, 0) is 4.79 Å². The van der Waals surface area contributed by atoms with Crippen LogP contribution in [0.3, 0.4) is 0 Å². The molecule has 0 saturated carbocycles. The van der Waals surface area contributed by atoms with Gasteiger partial charge in [0, 0.05) is 10.4 Å². The fourth-order valence-corrected chi connectivity index (χ4v) is 4.61. The van der Waals surface area contributed by atoms with E-state index in [1.807, 2.05) is 44.2 Å². The smallest absolute Gasteiger partial charge is 0.239 e. The number of thiazole rings is 1. The molecule has 9 heteroatoms. The number of aromatic nitrogens is 3. The lowest BCUT2D eigenvalue weighted by Crippen LogP contribution is -2.22. The molecule has 3 rings (SSSR count). The molecule has 3 N–H and O–H groups in total. The summed E-state index contributed by atoms with van der Waals surface area (Å²) in [6.45, 7) is 3.81. The van der Waals surface area contributed by atoms with Crippen molar-refractivity contribution < 1.29 is 4.79 Å². The molecule has 0 unspecified atom stereocenters. The second-order valence-corrected chi connectivity index (χ2v) is 8.75. The lowest BCUT2D eigenvalue weighted by atomic mass is 10.1. The molecule has 1 atom stereocenters. The van der Waals surface area contributed by atoms with Crippen molar-refractivity contribution in [1.29, 1.82) is 0 Å². The van der Waals surface area contributed by atoms with E-state index >= 15 is 0 Å². The lowest BCUT2D eigenvalue weighted by molar-refractivity contribution is -0.115. The van der Waals surface area contributed by atoms with Gasteiger partial charge in [-0.3, -0.25) is 4.79 Å². The predicted molar refractivity (Wildman–Crippen MR) is 101 cm³/mol. The fourth-order valence-electron chi connectivity index (χ4n) is 1.99. The highest BCUT2D eigenvalue weighted by Gasteiger charge is 2.19. The van der Waals surface area contributed by atoms with Gasteiger partial charge >= 0.3 is 0 Å². The highest BCUT2D eigenvalue weighted by atomic mass is 32.2. The molecule has 2 heterocycles. The lowest BCUT2D eigenvalue weighted by Gasteiger charge is -2.07. The number of nitrogens with two attached hydrogens (primary N) is 1. The molecule has 2 aromatic heterocycles. The van der Waals surface area contributed by atoms with Gasteiger partial charge in [0.2, 0.25) is 11.0 Å². The highest BCUT2D eigenvalue weighted by molar-refractivity contribution is 8.02. The monoisotopic (exact) mass is 377 g/mol. The summed E-state index contributed by atoms with van der Waals surface area (Å²) in [5.41, 5.74) is 7.49. The molecule has 6 nitrogen and oxygen atoms in total. The Morgan fingerprint density at radius 2 is 2.00 bits per heavy atom. The van der Waals surface area contributed by atoms with E-state index in [0.717, 1.165) is 16.1 Å². The average Bonchev–Trinajstić information content (AvgIpc) is 3.13. The van der Waals surface area contributed by atoms with Gasteiger partial charge in [-0.25, -0.2) is 4.98 Å². The summed E-state index contributed by atoms with van der Waals surface area (Å²) < 4.78 is 0.676. The van der Waals surface area contributed by atoms with Crippen molar-refractivity contribution in [3.8, 4) is 11.3 Å². The van der Waals surface area contributed by atoms with Gasteiger partial charge in [0.25, 0.3) is 0 Å². The fraction of sp³-hybridized carbons (Fsp3) is 0.200. The minimum absolute atomic E-state index is 0.123. The number of hydrogen-bond donors (Lipinski definition) is 2. The van der Waals surface area contributed by atoms with E-state index in [1.165, 1.54) is 34.4 Å². The summed E-state index contributed by atoms with van der Waals surface area (Å²) in [5, 5.41) is 11.2. The van der Waals surface area contributed by atoms with Gasteiger partial charge in [0.15, 0.2) is 9.47 Å². The molecule has 0 radical (unpaired) electrons. The number of hydrogen-bond acceptors (Lipinski definition) is 8.